The summed E-state index contributed by atoms with van der Waals surface area (Å²) in [7, 11) is 3.50. The van der Waals surface area contributed by atoms with Crippen molar-refractivity contribution < 1.29 is 9.47 Å². The van der Waals surface area contributed by atoms with Crippen molar-refractivity contribution in [2.24, 2.45) is 0 Å². The second-order valence-corrected chi connectivity index (χ2v) is 4.55. The summed E-state index contributed by atoms with van der Waals surface area (Å²) in [5, 5.41) is 3.57. The minimum Gasteiger partial charge on any atom is -0.383 e. The standard InChI is InChI=1S/C12H26N2O2/c1-11(10-13-12-4-5-12)14(6-8-15-2)7-9-16-3/h11-13H,4-10H2,1-3H3. The van der Waals surface area contributed by atoms with E-state index in [1.165, 1.54) is 12.8 Å². The van der Waals surface area contributed by atoms with E-state index in [1.807, 2.05) is 0 Å². The maximum atomic E-state index is 5.14. The minimum atomic E-state index is 0.547. The number of ether oxygens (including phenoxy) is 2. The van der Waals surface area contributed by atoms with Gasteiger partial charge < -0.3 is 14.8 Å². The highest BCUT2D eigenvalue weighted by Crippen LogP contribution is 2.18. The molecule has 1 atom stereocenters. The highest BCUT2D eigenvalue weighted by Gasteiger charge is 2.22. The van der Waals surface area contributed by atoms with Crippen molar-refractivity contribution in [3.8, 4) is 0 Å². The largest absolute Gasteiger partial charge is 0.383 e. The summed E-state index contributed by atoms with van der Waals surface area (Å²) in [6, 6.07) is 1.33. The van der Waals surface area contributed by atoms with E-state index in [4.69, 9.17) is 9.47 Å². The summed E-state index contributed by atoms with van der Waals surface area (Å²) in [6.07, 6.45) is 2.70. The molecule has 0 radical (unpaired) electrons. The Kier molecular flexibility index (Phi) is 6.96. The number of hydrogen-bond acceptors (Lipinski definition) is 4. The summed E-state index contributed by atoms with van der Waals surface area (Å²) in [6.45, 7) is 6.87. The summed E-state index contributed by atoms with van der Waals surface area (Å²) in [5.41, 5.74) is 0. The molecule has 0 spiro atoms. The van der Waals surface area contributed by atoms with E-state index >= 15 is 0 Å². The molecule has 0 heterocycles. The minimum absolute atomic E-state index is 0.547. The monoisotopic (exact) mass is 230 g/mol. The van der Waals surface area contributed by atoms with Gasteiger partial charge in [-0.25, -0.2) is 0 Å². The second kappa shape index (κ2) is 8.01. The van der Waals surface area contributed by atoms with Gasteiger partial charge >= 0.3 is 0 Å². The topological polar surface area (TPSA) is 33.7 Å². The SMILES string of the molecule is COCCN(CCOC)C(C)CNC1CC1. The molecular formula is C12H26N2O2. The lowest BCUT2D eigenvalue weighted by Gasteiger charge is -2.28. The van der Waals surface area contributed by atoms with Crippen LogP contribution in [-0.4, -0.2) is 64.1 Å². The highest BCUT2D eigenvalue weighted by atomic mass is 16.5. The number of rotatable bonds is 10. The van der Waals surface area contributed by atoms with E-state index < -0.39 is 0 Å². The second-order valence-electron chi connectivity index (χ2n) is 4.55. The first kappa shape index (κ1) is 13.9. The average molecular weight is 230 g/mol. The predicted octanol–water partition coefficient (Wildman–Crippen LogP) is 0.722. The van der Waals surface area contributed by atoms with Gasteiger partial charge in [-0.15, -0.1) is 0 Å². The molecule has 4 nitrogen and oxygen atoms in total. The van der Waals surface area contributed by atoms with Crippen LogP contribution in [-0.2, 0) is 9.47 Å². The third-order valence-electron chi connectivity index (χ3n) is 3.07. The molecule has 0 saturated heterocycles. The summed E-state index contributed by atoms with van der Waals surface area (Å²) >= 11 is 0. The Morgan fingerprint density at radius 3 is 2.19 bits per heavy atom. The van der Waals surface area contributed by atoms with Crippen molar-refractivity contribution in [3.63, 3.8) is 0 Å². The third-order valence-corrected chi connectivity index (χ3v) is 3.07. The van der Waals surface area contributed by atoms with E-state index in [9.17, 15) is 0 Å². The van der Waals surface area contributed by atoms with Gasteiger partial charge in [0.2, 0.25) is 0 Å². The Morgan fingerprint density at radius 1 is 1.19 bits per heavy atom. The fourth-order valence-corrected chi connectivity index (χ4v) is 1.72. The normalized spacial score (nSPS) is 18.0. The molecule has 0 amide bonds. The summed E-state index contributed by atoms with van der Waals surface area (Å²) in [5.74, 6) is 0. The predicted molar refractivity (Wildman–Crippen MR) is 65.8 cm³/mol. The van der Waals surface area contributed by atoms with E-state index in [0.29, 0.717) is 6.04 Å². The van der Waals surface area contributed by atoms with E-state index in [-0.39, 0.29) is 0 Å². The van der Waals surface area contributed by atoms with Gasteiger partial charge in [0.05, 0.1) is 13.2 Å². The Hall–Kier alpha value is -0.160. The van der Waals surface area contributed by atoms with Crippen LogP contribution in [0.2, 0.25) is 0 Å². The van der Waals surface area contributed by atoms with E-state index in [0.717, 1.165) is 38.9 Å². The Labute approximate surface area is 99.3 Å². The van der Waals surface area contributed by atoms with Crippen LogP contribution in [0.1, 0.15) is 19.8 Å². The molecular weight excluding hydrogens is 204 g/mol. The zero-order valence-corrected chi connectivity index (χ0v) is 10.9. The first-order chi connectivity index (χ1) is 7.77. The van der Waals surface area contributed by atoms with Crippen LogP contribution >= 0.6 is 0 Å². The van der Waals surface area contributed by atoms with Gasteiger partial charge in [0.1, 0.15) is 0 Å². The molecule has 4 heteroatoms. The number of hydrogen-bond donors (Lipinski definition) is 1. The van der Waals surface area contributed by atoms with Gasteiger partial charge in [0.25, 0.3) is 0 Å². The number of nitrogens with zero attached hydrogens (tertiary/aromatic N) is 1. The van der Waals surface area contributed by atoms with Crippen molar-refractivity contribution in [2.75, 3.05) is 47.1 Å². The van der Waals surface area contributed by atoms with Crippen molar-refractivity contribution in [3.05, 3.63) is 0 Å². The maximum absolute atomic E-state index is 5.14. The first-order valence-electron chi connectivity index (χ1n) is 6.23. The van der Waals surface area contributed by atoms with Crippen LogP contribution in [0.5, 0.6) is 0 Å². The van der Waals surface area contributed by atoms with Gasteiger partial charge in [-0.3, -0.25) is 4.90 Å². The van der Waals surface area contributed by atoms with Crippen LogP contribution in [0, 0.1) is 0 Å². The molecule has 1 saturated carbocycles. The molecule has 1 aliphatic carbocycles. The molecule has 1 aliphatic rings. The lowest BCUT2D eigenvalue weighted by Crippen LogP contribution is -2.44. The smallest absolute Gasteiger partial charge is 0.0589 e. The lowest BCUT2D eigenvalue weighted by atomic mass is 10.2. The summed E-state index contributed by atoms with van der Waals surface area (Å²) in [4.78, 5) is 2.42. The van der Waals surface area contributed by atoms with Crippen LogP contribution in [0.15, 0.2) is 0 Å². The Balaban J connectivity index is 2.19. The zero-order chi connectivity index (χ0) is 11.8. The van der Waals surface area contributed by atoms with Gasteiger partial charge in [-0.1, -0.05) is 0 Å². The van der Waals surface area contributed by atoms with Crippen LogP contribution in [0.3, 0.4) is 0 Å². The highest BCUT2D eigenvalue weighted by molar-refractivity contribution is 4.83. The van der Waals surface area contributed by atoms with E-state index in [1.54, 1.807) is 14.2 Å². The quantitative estimate of drug-likeness (QED) is 0.600. The van der Waals surface area contributed by atoms with Crippen LogP contribution in [0.25, 0.3) is 0 Å². The first-order valence-corrected chi connectivity index (χ1v) is 6.23. The fourth-order valence-electron chi connectivity index (χ4n) is 1.72. The Bertz CT molecular complexity index is 166. The molecule has 1 rings (SSSR count). The van der Waals surface area contributed by atoms with Gasteiger partial charge in [-0.05, 0) is 19.8 Å². The molecule has 0 aromatic carbocycles. The third kappa shape index (κ3) is 5.80. The molecule has 0 aliphatic heterocycles. The van der Waals surface area contributed by atoms with Crippen molar-refractivity contribution in [1.82, 2.24) is 10.2 Å². The molecule has 0 bridgehead atoms. The lowest BCUT2D eigenvalue weighted by molar-refractivity contribution is 0.0915. The van der Waals surface area contributed by atoms with Crippen LogP contribution < -0.4 is 5.32 Å². The van der Waals surface area contributed by atoms with Crippen LogP contribution in [0.4, 0.5) is 0 Å². The maximum Gasteiger partial charge on any atom is 0.0589 e. The Morgan fingerprint density at radius 2 is 1.75 bits per heavy atom. The van der Waals surface area contributed by atoms with Gasteiger partial charge in [0, 0.05) is 45.9 Å². The zero-order valence-electron chi connectivity index (χ0n) is 10.9. The van der Waals surface area contributed by atoms with Crippen molar-refractivity contribution in [1.29, 1.82) is 0 Å². The van der Waals surface area contributed by atoms with Crippen molar-refractivity contribution >= 4 is 0 Å². The summed E-state index contributed by atoms with van der Waals surface area (Å²) < 4.78 is 10.3. The molecule has 96 valence electrons. The molecule has 1 unspecified atom stereocenters. The molecule has 16 heavy (non-hydrogen) atoms. The van der Waals surface area contributed by atoms with Gasteiger partial charge in [-0.2, -0.15) is 0 Å². The molecule has 1 N–H and O–H groups in total. The molecule has 1 fully saturated rings. The fraction of sp³-hybridized carbons (Fsp3) is 1.00. The number of methoxy groups -OCH3 is 2. The average Bonchev–Trinajstić information content (AvgIpc) is 3.10. The van der Waals surface area contributed by atoms with Crippen molar-refractivity contribution in [2.45, 2.75) is 31.8 Å². The van der Waals surface area contributed by atoms with E-state index in [2.05, 4.69) is 17.1 Å². The molecule has 0 aromatic rings. The number of nitrogens with one attached hydrogen (secondary N) is 1. The van der Waals surface area contributed by atoms with Gasteiger partial charge in [0.15, 0.2) is 0 Å². The molecule has 0 aromatic heterocycles.